The van der Waals surface area contributed by atoms with Gasteiger partial charge in [-0.2, -0.15) is 0 Å². The Bertz CT molecular complexity index is 1380. The molecule has 2 unspecified atom stereocenters. The maximum absolute atomic E-state index is 12.5. The van der Waals surface area contributed by atoms with E-state index in [-0.39, 0.29) is 18.5 Å². The van der Waals surface area contributed by atoms with Crippen LogP contribution in [0.2, 0.25) is 0 Å². The van der Waals surface area contributed by atoms with Gasteiger partial charge in [0.2, 0.25) is 5.91 Å². The molecular weight excluding hydrogens is 1040 g/mol. The molecule has 0 aliphatic carbocycles. The van der Waals surface area contributed by atoms with Crippen molar-refractivity contribution in [3.63, 3.8) is 0 Å². The Morgan fingerprint density at radius 1 is 0.329 bits per heavy atom. The fourth-order valence-corrected chi connectivity index (χ4v) is 12.3. The van der Waals surface area contributed by atoms with Crippen molar-refractivity contribution in [1.29, 1.82) is 0 Å². The second-order valence-corrected chi connectivity index (χ2v) is 26.7. The Morgan fingerprint density at radius 3 is 0.894 bits per heavy atom. The number of nitrogens with one attached hydrogen (secondary N) is 1. The molecule has 6 heteroatoms. The number of ether oxygens (including phenoxy) is 1. The zero-order chi connectivity index (χ0) is 61.3. The summed E-state index contributed by atoms with van der Waals surface area (Å²) in [4.78, 5) is 24.6. The zero-order valence-corrected chi connectivity index (χ0v) is 57.6. The van der Waals surface area contributed by atoms with Crippen LogP contribution in [0.1, 0.15) is 431 Å². The van der Waals surface area contributed by atoms with E-state index in [2.05, 4.69) is 43.5 Å². The van der Waals surface area contributed by atoms with Gasteiger partial charge in [0.05, 0.1) is 25.4 Å². The van der Waals surface area contributed by atoms with Crippen molar-refractivity contribution in [2.75, 3.05) is 13.2 Å². The minimum Gasteiger partial charge on any atom is -0.466 e. The summed E-state index contributed by atoms with van der Waals surface area (Å²) in [5, 5.41) is 23.1. The Labute approximate surface area is 532 Å². The van der Waals surface area contributed by atoms with Gasteiger partial charge in [-0.25, -0.2) is 0 Å². The Morgan fingerprint density at radius 2 is 0.588 bits per heavy atom. The molecular formula is C79H151NO5. The molecule has 0 aromatic carbocycles. The molecule has 0 aromatic heterocycles. The largest absolute Gasteiger partial charge is 0.466 e. The smallest absolute Gasteiger partial charge is 0.305 e. The number of rotatable bonds is 73. The fraction of sp³-hybridized carbons (Fsp3) is 0.899. The van der Waals surface area contributed by atoms with E-state index < -0.39 is 12.1 Å². The first-order chi connectivity index (χ1) is 42.0. The van der Waals surface area contributed by atoms with Crippen molar-refractivity contribution in [3.8, 4) is 0 Å². The SMILES string of the molecule is CCCCCCCCCCCCC/C=C/C(O)C(CO)NC(=O)CCCCCCCCCCCCCCCCCCC/C=C\C/C=C\CCCCCCCCCCCCCCCOC(=O)CCCCCCCCCCCCCCCCCCCC. The van der Waals surface area contributed by atoms with Crippen LogP contribution in [-0.4, -0.2) is 47.4 Å². The number of aliphatic hydroxyl groups excluding tert-OH is 2. The second kappa shape index (κ2) is 74.5. The van der Waals surface area contributed by atoms with Crippen LogP contribution in [0.25, 0.3) is 0 Å². The summed E-state index contributed by atoms with van der Waals surface area (Å²) in [6.45, 7) is 4.94. The summed E-state index contributed by atoms with van der Waals surface area (Å²) in [5.74, 6) is -0.0400. The molecule has 3 N–H and O–H groups in total. The molecule has 0 radical (unpaired) electrons. The number of unbranched alkanes of at least 4 members (excludes halogenated alkanes) is 58. The van der Waals surface area contributed by atoms with E-state index in [4.69, 9.17) is 4.74 Å². The lowest BCUT2D eigenvalue weighted by atomic mass is 10.0. The maximum atomic E-state index is 12.5. The van der Waals surface area contributed by atoms with Gasteiger partial charge in [-0.3, -0.25) is 9.59 Å². The maximum Gasteiger partial charge on any atom is 0.305 e. The van der Waals surface area contributed by atoms with Crippen LogP contribution in [0.15, 0.2) is 36.5 Å². The fourth-order valence-electron chi connectivity index (χ4n) is 12.3. The van der Waals surface area contributed by atoms with Gasteiger partial charge in [0.15, 0.2) is 0 Å². The highest BCUT2D eigenvalue weighted by molar-refractivity contribution is 5.76. The van der Waals surface area contributed by atoms with Gasteiger partial charge >= 0.3 is 5.97 Å². The van der Waals surface area contributed by atoms with Gasteiger partial charge in [0.25, 0.3) is 0 Å². The predicted octanol–water partition coefficient (Wildman–Crippen LogP) is 25.4. The van der Waals surface area contributed by atoms with Gasteiger partial charge in [0.1, 0.15) is 0 Å². The van der Waals surface area contributed by atoms with E-state index in [0.717, 1.165) is 44.9 Å². The van der Waals surface area contributed by atoms with Gasteiger partial charge in [-0.1, -0.05) is 391 Å². The van der Waals surface area contributed by atoms with E-state index >= 15 is 0 Å². The van der Waals surface area contributed by atoms with Crippen LogP contribution in [0.3, 0.4) is 0 Å². The summed E-state index contributed by atoms with van der Waals surface area (Å²) in [6, 6.07) is -0.625. The molecule has 0 fully saturated rings. The third-order valence-corrected chi connectivity index (χ3v) is 18.2. The minimum atomic E-state index is -0.842. The molecule has 1 amide bonds. The quantitative estimate of drug-likeness (QED) is 0.0320. The lowest BCUT2D eigenvalue weighted by Crippen LogP contribution is -2.45. The number of amides is 1. The van der Waals surface area contributed by atoms with E-state index in [0.29, 0.717) is 19.4 Å². The molecule has 0 aromatic rings. The lowest BCUT2D eigenvalue weighted by Gasteiger charge is -2.20. The monoisotopic (exact) mass is 1190 g/mol. The van der Waals surface area contributed by atoms with Gasteiger partial charge in [-0.05, 0) is 64.2 Å². The van der Waals surface area contributed by atoms with Crippen molar-refractivity contribution in [2.24, 2.45) is 0 Å². The van der Waals surface area contributed by atoms with E-state index in [9.17, 15) is 19.8 Å². The average molecular weight is 1200 g/mol. The van der Waals surface area contributed by atoms with Gasteiger partial charge < -0.3 is 20.3 Å². The minimum absolute atomic E-state index is 0.0236. The topological polar surface area (TPSA) is 95.9 Å². The molecule has 85 heavy (non-hydrogen) atoms. The molecule has 0 heterocycles. The molecule has 502 valence electrons. The number of carbonyl (C=O) groups excluding carboxylic acids is 2. The van der Waals surface area contributed by atoms with Crippen LogP contribution in [-0.2, 0) is 14.3 Å². The molecule has 0 bridgehead atoms. The van der Waals surface area contributed by atoms with E-state index in [1.807, 2.05) is 6.08 Å². The molecule has 0 saturated carbocycles. The van der Waals surface area contributed by atoms with Gasteiger partial charge in [-0.15, -0.1) is 0 Å². The molecule has 0 aliphatic rings. The van der Waals surface area contributed by atoms with Crippen molar-refractivity contribution in [2.45, 2.75) is 443 Å². The predicted molar refractivity (Wildman–Crippen MR) is 375 cm³/mol. The third kappa shape index (κ3) is 71.0. The van der Waals surface area contributed by atoms with Crippen molar-refractivity contribution >= 4 is 11.9 Å². The third-order valence-electron chi connectivity index (χ3n) is 18.2. The first kappa shape index (κ1) is 83.1. The summed E-state index contributed by atoms with van der Waals surface area (Å²) in [7, 11) is 0. The number of carbonyl (C=O) groups is 2. The van der Waals surface area contributed by atoms with Crippen molar-refractivity contribution < 1.29 is 24.5 Å². The number of hydrogen-bond acceptors (Lipinski definition) is 5. The molecule has 0 saturated heterocycles. The molecule has 6 nitrogen and oxygen atoms in total. The highest BCUT2D eigenvalue weighted by atomic mass is 16.5. The van der Waals surface area contributed by atoms with Crippen molar-refractivity contribution in [1.82, 2.24) is 5.32 Å². The number of aliphatic hydroxyl groups is 2. The first-order valence-corrected chi connectivity index (χ1v) is 38.8. The molecule has 0 aliphatic heterocycles. The summed E-state index contributed by atoms with van der Waals surface area (Å²) < 4.78 is 5.52. The van der Waals surface area contributed by atoms with Crippen LogP contribution >= 0.6 is 0 Å². The molecule has 2 atom stereocenters. The Kier molecular flexibility index (Phi) is 72.9. The van der Waals surface area contributed by atoms with Crippen LogP contribution < -0.4 is 5.32 Å². The molecule has 0 rings (SSSR count). The second-order valence-electron chi connectivity index (χ2n) is 26.7. The van der Waals surface area contributed by atoms with Crippen LogP contribution in [0, 0.1) is 0 Å². The van der Waals surface area contributed by atoms with E-state index in [1.54, 1.807) is 6.08 Å². The Balaban J connectivity index is 3.34. The Hall–Kier alpha value is -1.92. The first-order valence-electron chi connectivity index (χ1n) is 38.8. The zero-order valence-electron chi connectivity index (χ0n) is 57.6. The summed E-state index contributed by atoms with van der Waals surface area (Å²) >= 11 is 0. The number of esters is 1. The van der Waals surface area contributed by atoms with Gasteiger partial charge in [0, 0.05) is 12.8 Å². The molecule has 0 spiro atoms. The number of hydrogen-bond donors (Lipinski definition) is 3. The van der Waals surface area contributed by atoms with Crippen LogP contribution in [0.5, 0.6) is 0 Å². The highest BCUT2D eigenvalue weighted by Crippen LogP contribution is 2.19. The summed E-state index contributed by atoms with van der Waals surface area (Å²) in [5.41, 5.74) is 0. The van der Waals surface area contributed by atoms with Crippen LogP contribution in [0.4, 0.5) is 0 Å². The standard InChI is InChI=1S/C79H151NO5/c1-3-5-7-9-11-13-15-17-18-19-42-45-49-53-57-61-65-69-73-79(84)85-74-70-66-62-58-54-50-46-43-40-38-36-34-32-30-28-26-24-22-20-21-23-25-27-29-31-33-35-37-39-41-44-48-52-56-60-64-68-72-78(83)80-76(75-81)77(82)71-67-63-59-55-51-47-16-14-12-10-8-6-4-2/h20,22,26,28,67,71,76-77,81-82H,3-19,21,23-25,27,29-66,68-70,72-75H2,1-2H3,(H,80,83)/b22-20-,28-26-,71-67+. The summed E-state index contributed by atoms with van der Waals surface area (Å²) in [6.07, 6.45) is 97.0. The average Bonchev–Trinajstić information content (AvgIpc) is 3.51. The number of allylic oxidation sites excluding steroid dienone is 5. The highest BCUT2D eigenvalue weighted by Gasteiger charge is 2.18. The van der Waals surface area contributed by atoms with E-state index in [1.165, 1.54) is 360 Å². The normalized spacial score (nSPS) is 12.7. The van der Waals surface area contributed by atoms with Crippen molar-refractivity contribution in [3.05, 3.63) is 36.5 Å². The lowest BCUT2D eigenvalue weighted by molar-refractivity contribution is -0.143.